The topological polar surface area (TPSA) is 88.2 Å². The Kier molecular flexibility index (Phi) is 7.22. The summed E-state index contributed by atoms with van der Waals surface area (Å²) >= 11 is 0. The lowest BCUT2D eigenvalue weighted by Crippen LogP contribution is -2.46. The van der Waals surface area contributed by atoms with Crippen LogP contribution in [0, 0.1) is 0 Å². The van der Waals surface area contributed by atoms with Crippen molar-refractivity contribution in [2.45, 2.75) is 24.0 Å². The predicted molar refractivity (Wildman–Crippen MR) is 121 cm³/mol. The van der Waals surface area contributed by atoms with E-state index in [0.29, 0.717) is 45.1 Å². The van der Waals surface area contributed by atoms with Gasteiger partial charge >= 0.3 is 0 Å². The van der Waals surface area contributed by atoms with E-state index in [-0.39, 0.29) is 29.6 Å². The summed E-state index contributed by atoms with van der Waals surface area (Å²) in [5.41, 5.74) is 1.67. The molecule has 8 nitrogen and oxygen atoms in total. The molecule has 2 aliphatic heterocycles. The number of benzene rings is 2. The van der Waals surface area contributed by atoms with Gasteiger partial charge < -0.3 is 14.8 Å². The number of anilines is 1. The molecule has 172 valence electrons. The molecule has 2 aromatic carbocycles. The summed E-state index contributed by atoms with van der Waals surface area (Å²) in [6.07, 6.45) is -0.0520. The summed E-state index contributed by atoms with van der Waals surface area (Å²) in [7, 11) is -3.55. The molecule has 1 N–H and O–H groups in total. The molecule has 2 aromatic rings. The molecule has 0 bridgehead atoms. The van der Waals surface area contributed by atoms with E-state index in [4.69, 9.17) is 9.47 Å². The highest BCUT2D eigenvalue weighted by Gasteiger charge is 2.28. The number of morpholine rings is 2. The maximum absolute atomic E-state index is 12.7. The third-order valence-corrected chi connectivity index (χ3v) is 7.53. The zero-order valence-electron chi connectivity index (χ0n) is 18.1. The van der Waals surface area contributed by atoms with Crippen molar-refractivity contribution in [3.63, 3.8) is 0 Å². The molecule has 2 fully saturated rings. The van der Waals surface area contributed by atoms with E-state index in [0.717, 1.165) is 5.56 Å². The van der Waals surface area contributed by atoms with Gasteiger partial charge in [-0.15, -0.1) is 0 Å². The van der Waals surface area contributed by atoms with Crippen LogP contribution in [0.15, 0.2) is 59.5 Å². The largest absolute Gasteiger partial charge is 0.379 e. The minimum Gasteiger partial charge on any atom is -0.379 e. The SMILES string of the molecule is CC1CN(CC(=O)Nc2ccc(S(=O)(=O)N3CCOCC3)cc2)CC(c2ccccc2)O1. The van der Waals surface area contributed by atoms with Gasteiger partial charge in [0.15, 0.2) is 0 Å². The smallest absolute Gasteiger partial charge is 0.243 e. The number of hydrogen-bond donors (Lipinski definition) is 1. The van der Waals surface area contributed by atoms with Crippen molar-refractivity contribution in [3.05, 3.63) is 60.2 Å². The number of carbonyl (C=O) groups excluding carboxylic acids is 1. The van der Waals surface area contributed by atoms with Gasteiger partial charge in [0.2, 0.25) is 15.9 Å². The summed E-state index contributed by atoms with van der Waals surface area (Å²) in [6.45, 7) is 5.06. The second-order valence-electron chi connectivity index (χ2n) is 8.13. The molecule has 1 amide bonds. The molecule has 32 heavy (non-hydrogen) atoms. The Morgan fingerprint density at radius 3 is 2.41 bits per heavy atom. The predicted octanol–water partition coefficient (Wildman–Crippen LogP) is 2.11. The quantitative estimate of drug-likeness (QED) is 0.712. The molecule has 4 rings (SSSR count). The van der Waals surface area contributed by atoms with Crippen LogP contribution in [-0.2, 0) is 24.3 Å². The molecular formula is C23H29N3O5S. The number of hydrogen-bond acceptors (Lipinski definition) is 6. The van der Waals surface area contributed by atoms with Gasteiger partial charge in [0, 0.05) is 31.9 Å². The van der Waals surface area contributed by atoms with Crippen molar-refractivity contribution in [1.82, 2.24) is 9.21 Å². The molecule has 0 aliphatic carbocycles. The number of ether oxygens (including phenoxy) is 2. The highest BCUT2D eigenvalue weighted by atomic mass is 32.2. The van der Waals surface area contributed by atoms with Crippen LogP contribution < -0.4 is 5.32 Å². The standard InChI is InChI=1S/C23H29N3O5S/c1-18-15-25(16-22(31-18)19-5-3-2-4-6-19)17-23(27)24-20-7-9-21(10-8-20)32(28,29)26-11-13-30-14-12-26/h2-10,18,22H,11-17H2,1H3,(H,24,27). The molecule has 2 aliphatic rings. The lowest BCUT2D eigenvalue weighted by Gasteiger charge is -2.36. The highest BCUT2D eigenvalue weighted by Crippen LogP contribution is 2.25. The number of carbonyl (C=O) groups is 1. The molecule has 2 saturated heterocycles. The van der Waals surface area contributed by atoms with Gasteiger partial charge in [-0.1, -0.05) is 30.3 Å². The van der Waals surface area contributed by atoms with Crippen molar-refractivity contribution in [2.24, 2.45) is 0 Å². The molecule has 0 saturated carbocycles. The minimum absolute atomic E-state index is 0.0198. The lowest BCUT2D eigenvalue weighted by molar-refractivity contribution is -0.122. The lowest BCUT2D eigenvalue weighted by atomic mass is 10.1. The Morgan fingerprint density at radius 2 is 1.72 bits per heavy atom. The number of sulfonamides is 1. The second-order valence-corrected chi connectivity index (χ2v) is 10.1. The first-order valence-corrected chi connectivity index (χ1v) is 12.3. The van der Waals surface area contributed by atoms with Gasteiger partial charge in [-0.05, 0) is 36.8 Å². The van der Waals surface area contributed by atoms with Crippen molar-refractivity contribution in [3.8, 4) is 0 Å². The van der Waals surface area contributed by atoms with Gasteiger partial charge in [-0.25, -0.2) is 8.42 Å². The van der Waals surface area contributed by atoms with Crippen LogP contribution in [0.25, 0.3) is 0 Å². The Bertz CT molecular complexity index is 1010. The maximum atomic E-state index is 12.7. The van der Waals surface area contributed by atoms with Gasteiger partial charge in [0.05, 0.1) is 36.9 Å². The van der Waals surface area contributed by atoms with Crippen molar-refractivity contribution in [2.75, 3.05) is 51.3 Å². The Hall–Kier alpha value is -2.30. The van der Waals surface area contributed by atoms with E-state index in [1.165, 1.54) is 16.4 Å². The van der Waals surface area contributed by atoms with Gasteiger partial charge in [-0.3, -0.25) is 9.69 Å². The number of amides is 1. The second kappa shape index (κ2) is 10.1. The molecule has 0 aromatic heterocycles. The molecule has 0 radical (unpaired) electrons. The first-order valence-electron chi connectivity index (χ1n) is 10.8. The molecule has 0 spiro atoms. The van der Waals surface area contributed by atoms with Crippen molar-refractivity contribution < 1.29 is 22.7 Å². The van der Waals surface area contributed by atoms with Crippen LogP contribution in [0.3, 0.4) is 0 Å². The third kappa shape index (κ3) is 5.54. The van der Waals surface area contributed by atoms with Gasteiger partial charge in [0.25, 0.3) is 0 Å². The van der Waals surface area contributed by atoms with Crippen LogP contribution in [0.5, 0.6) is 0 Å². The van der Waals surface area contributed by atoms with E-state index in [1.54, 1.807) is 12.1 Å². The fourth-order valence-electron chi connectivity index (χ4n) is 4.07. The van der Waals surface area contributed by atoms with Gasteiger partial charge in [-0.2, -0.15) is 4.31 Å². The van der Waals surface area contributed by atoms with Crippen LogP contribution >= 0.6 is 0 Å². The van der Waals surface area contributed by atoms with Crippen molar-refractivity contribution in [1.29, 1.82) is 0 Å². The number of rotatable bonds is 6. The van der Waals surface area contributed by atoms with Gasteiger partial charge in [0.1, 0.15) is 0 Å². The van der Waals surface area contributed by atoms with E-state index >= 15 is 0 Å². The number of nitrogens with one attached hydrogen (secondary N) is 1. The van der Waals surface area contributed by atoms with Crippen LogP contribution in [0.1, 0.15) is 18.6 Å². The summed E-state index contributed by atoms with van der Waals surface area (Å²) in [4.78, 5) is 14.9. The van der Waals surface area contributed by atoms with E-state index in [1.807, 2.05) is 37.3 Å². The molecule has 2 atom stereocenters. The summed E-state index contributed by atoms with van der Waals surface area (Å²) < 4.78 is 38.2. The monoisotopic (exact) mass is 459 g/mol. The average Bonchev–Trinajstić information content (AvgIpc) is 2.80. The summed E-state index contributed by atoms with van der Waals surface area (Å²) in [5, 5.41) is 2.87. The summed E-state index contributed by atoms with van der Waals surface area (Å²) in [5.74, 6) is -0.144. The maximum Gasteiger partial charge on any atom is 0.243 e. The normalized spacial score (nSPS) is 23.0. The Morgan fingerprint density at radius 1 is 1.03 bits per heavy atom. The first kappa shape index (κ1) is 22.9. The van der Waals surface area contributed by atoms with E-state index in [2.05, 4.69) is 10.2 Å². The molecular weight excluding hydrogens is 430 g/mol. The zero-order chi connectivity index (χ0) is 22.6. The Labute approximate surface area is 189 Å². The van der Waals surface area contributed by atoms with Crippen LogP contribution in [0.2, 0.25) is 0 Å². The summed E-state index contributed by atoms with van der Waals surface area (Å²) in [6, 6.07) is 16.3. The van der Waals surface area contributed by atoms with Crippen LogP contribution in [0.4, 0.5) is 5.69 Å². The van der Waals surface area contributed by atoms with Crippen molar-refractivity contribution >= 4 is 21.6 Å². The molecule has 2 heterocycles. The molecule has 2 unspecified atom stereocenters. The fourth-order valence-corrected chi connectivity index (χ4v) is 5.48. The molecule has 9 heteroatoms. The Balaban J connectivity index is 1.34. The fraction of sp³-hybridized carbons (Fsp3) is 0.435. The first-order chi connectivity index (χ1) is 15.4. The minimum atomic E-state index is -3.55. The third-order valence-electron chi connectivity index (χ3n) is 5.62. The average molecular weight is 460 g/mol. The van der Waals surface area contributed by atoms with E-state index < -0.39 is 10.0 Å². The number of nitrogens with zero attached hydrogens (tertiary/aromatic N) is 2. The van der Waals surface area contributed by atoms with E-state index in [9.17, 15) is 13.2 Å². The zero-order valence-corrected chi connectivity index (χ0v) is 19.0. The highest BCUT2D eigenvalue weighted by molar-refractivity contribution is 7.89. The van der Waals surface area contributed by atoms with Crippen LogP contribution in [-0.4, -0.2) is 75.6 Å².